The predicted octanol–water partition coefficient (Wildman–Crippen LogP) is 2.83. The van der Waals surface area contributed by atoms with Gasteiger partial charge in [-0.3, -0.25) is 14.5 Å². The van der Waals surface area contributed by atoms with Crippen molar-refractivity contribution in [2.45, 2.75) is 44.6 Å². The van der Waals surface area contributed by atoms with Crippen LogP contribution in [0.15, 0.2) is 18.2 Å². The number of carbonyl (C=O) groups excluding carboxylic acids is 3. The number of amides is 3. The lowest BCUT2D eigenvalue weighted by Gasteiger charge is -2.38. The number of ketones is 1. The number of hydrogen-bond acceptors (Lipinski definition) is 5. The smallest absolute Gasteiger partial charge is 0.327 e. The molecule has 3 amide bonds. The first-order valence-electron chi connectivity index (χ1n) is 9.45. The summed E-state index contributed by atoms with van der Waals surface area (Å²) in [5.41, 5.74) is -0.471. The molecular weight excluding hydrogens is 348 g/mol. The maximum atomic E-state index is 13.2. The number of nitrogens with zero attached hydrogens (tertiary/aromatic N) is 2. The third kappa shape index (κ3) is 2.76. The largest absolute Gasteiger partial charge is 0.454 e. The van der Waals surface area contributed by atoms with Gasteiger partial charge in [-0.2, -0.15) is 0 Å². The number of hydrogen-bond donors (Lipinski definition) is 0. The van der Waals surface area contributed by atoms with Gasteiger partial charge in [-0.05, 0) is 43.9 Å². The Bertz CT molecular complexity index is 802. The quantitative estimate of drug-likeness (QED) is 0.600. The van der Waals surface area contributed by atoms with Gasteiger partial charge in [-0.1, -0.05) is 19.3 Å². The topological polar surface area (TPSA) is 76.2 Å². The SMILES string of the molecule is CN1C(=O)N(CC(=O)c2ccc3c(c2)OCO3)C(=O)C1(C)C1CCCCC1. The molecule has 7 heteroatoms. The van der Waals surface area contributed by atoms with Crippen LogP contribution in [0.1, 0.15) is 49.4 Å². The van der Waals surface area contributed by atoms with E-state index in [9.17, 15) is 14.4 Å². The Hall–Kier alpha value is -2.57. The predicted molar refractivity (Wildman–Crippen MR) is 96.7 cm³/mol. The molecule has 0 radical (unpaired) electrons. The molecule has 2 aliphatic heterocycles. The highest BCUT2D eigenvalue weighted by Crippen LogP contribution is 2.41. The lowest BCUT2D eigenvalue weighted by atomic mass is 9.75. The summed E-state index contributed by atoms with van der Waals surface area (Å²) >= 11 is 0. The lowest BCUT2D eigenvalue weighted by Crippen LogP contribution is -2.52. The van der Waals surface area contributed by atoms with Crippen LogP contribution in [0.4, 0.5) is 4.79 Å². The van der Waals surface area contributed by atoms with Crippen molar-refractivity contribution >= 4 is 17.7 Å². The summed E-state index contributed by atoms with van der Waals surface area (Å²) in [6.45, 7) is 1.71. The minimum atomic E-state index is -0.868. The number of urea groups is 1. The number of ether oxygens (including phenoxy) is 2. The molecule has 1 aromatic carbocycles. The van der Waals surface area contributed by atoms with E-state index in [-0.39, 0.29) is 30.9 Å². The van der Waals surface area contributed by atoms with Gasteiger partial charge in [-0.15, -0.1) is 0 Å². The zero-order chi connectivity index (χ0) is 19.2. The van der Waals surface area contributed by atoms with Gasteiger partial charge in [0.05, 0.1) is 6.54 Å². The van der Waals surface area contributed by atoms with E-state index in [2.05, 4.69) is 0 Å². The standard InChI is InChI=1S/C20H24N2O5/c1-20(14-6-4-3-5-7-14)18(24)22(19(25)21(20)2)11-15(23)13-8-9-16-17(10-13)27-12-26-16/h8-10,14H,3-7,11-12H2,1-2H3. The van der Waals surface area contributed by atoms with Crippen molar-refractivity contribution in [2.24, 2.45) is 5.92 Å². The molecule has 1 aromatic rings. The third-order valence-corrected chi connectivity index (χ3v) is 6.29. The molecule has 1 atom stereocenters. The van der Waals surface area contributed by atoms with Crippen LogP contribution in [0, 0.1) is 5.92 Å². The highest BCUT2D eigenvalue weighted by Gasteiger charge is 2.56. The Morgan fingerprint density at radius 2 is 1.85 bits per heavy atom. The van der Waals surface area contributed by atoms with Crippen molar-refractivity contribution in [3.05, 3.63) is 23.8 Å². The maximum absolute atomic E-state index is 13.2. The van der Waals surface area contributed by atoms with Gasteiger partial charge in [0.1, 0.15) is 5.54 Å². The average Bonchev–Trinajstić information content (AvgIpc) is 3.23. The number of fused-ring (bicyclic) bond motifs is 1. The lowest BCUT2D eigenvalue weighted by molar-refractivity contribution is -0.135. The second kappa shape index (κ2) is 6.55. The maximum Gasteiger partial charge on any atom is 0.327 e. The van der Waals surface area contributed by atoms with E-state index in [1.165, 1.54) is 11.3 Å². The second-order valence-electron chi connectivity index (χ2n) is 7.71. The van der Waals surface area contributed by atoms with Crippen LogP contribution in [0.5, 0.6) is 11.5 Å². The average molecular weight is 372 g/mol. The van der Waals surface area contributed by atoms with E-state index in [0.29, 0.717) is 17.1 Å². The van der Waals surface area contributed by atoms with Gasteiger partial charge in [-0.25, -0.2) is 4.79 Å². The van der Waals surface area contributed by atoms with Crippen LogP contribution >= 0.6 is 0 Å². The van der Waals surface area contributed by atoms with E-state index in [1.54, 1.807) is 25.2 Å². The van der Waals surface area contributed by atoms with E-state index in [1.807, 2.05) is 6.92 Å². The summed E-state index contributed by atoms with van der Waals surface area (Å²) in [6.07, 6.45) is 5.19. The fourth-order valence-corrected chi connectivity index (χ4v) is 4.44. The van der Waals surface area contributed by atoms with Crippen LogP contribution in [-0.4, -0.2) is 53.4 Å². The monoisotopic (exact) mass is 372 g/mol. The fourth-order valence-electron chi connectivity index (χ4n) is 4.44. The van der Waals surface area contributed by atoms with E-state index in [0.717, 1.165) is 30.6 Å². The van der Waals surface area contributed by atoms with E-state index >= 15 is 0 Å². The first kappa shape index (κ1) is 17.8. The van der Waals surface area contributed by atoms with E-state index < -0.39 is 11.6 Å². The molecule has 1 saturated carbocycles. The molecule has 0 bridgehead atoms. The molecule has 27 heavy (non-hydrogen) atoms. The number of carbonyl (C=O) groups is 3. The molecule has 1 saturated heterocycles. The summed E-state index contributed by atoms with van der Waals surface area (Å²) in [5.74, 6) is 0.666. The zero-order valence-corrected chi connectivity index (χ0v) is 15.7. The molecule has 2 heterocycles. The van der Waals surface area contributed by atoms with Crippen LogP contribution in [0.25, 0.3) is 0 Å². The summed E-state index contributed by atoms with van der Waals surface area (Å²) in [6, 6.07) is 4.49. The highest BCUT2D eigenvalue weighted by atomic mass is 16.7. The molecule has 4 rings (SSSR count). The Morgan fingerprint density at radius 3 is 2.59 bits per heavy atom. The number of rotatable bonds is 4. The van der Waals surface area contributed by atoms with Crippen molar-refractivity contribution in [3.63, 3.8) is 0 Å². The van der Waals surface area contributed by atoms with Crippen LogP contribution in [-0.2, 0) is 4.79 Å². The molecule has 2 fully saturated rings. The van der Waals surface area contributed by atoms with Crippen molar-refractivity contribution in [2.75, 3.05) is 20.4 Å². The first-order chi connectivity index (χ1) is 12.9. The second-order valence-corrected chi connectivity index (χ2v) is 7.71. The highest BCUT2D eigenvalue weighted by molar-refractivity contribution is 6.11. The summed E-state index contributed by atoms with van der Waals surface area (Å²) in [7, 11) is 1.67. The fraction of sp³-hybridized carbons (Fsp3) is 0.550. The number of imide groups is 1. The van der Waals surface area contributed by atoms with Crippen molar-refractivity contribution in [1.82, 2.24) is 9.80 Å². The summed E-state index contributed by atoms with van der Waals surface area (Å²) < 4.78 is 10.6. The zero-order valence-electron chi connectivity index (χ0n) is 15.7. The van der Waals surface area contributed by atoms with Gasteiger partial charge < -0.3 is 14.4 Å². The van der Waals surface area contributed by atoms with Crippen LogP contribution in [0.3, 0.4) is 0 Å². The Labute approximate surface area is 158 Å². The minimum absolute atomic E-state index is 0.126. The molecular formula is C20H24N2O5. The van der Waals surface area contributed by atoms with Crippen molar-refractivity contribution in [3.8, 4) is 11.5 Å². The van der Waals surface area contributed by atoms with E-state index in [4.69, 9.17) is 9.47 Å². The molecule has 3 aliphatic rings. The Balaban J connectivity index is 1.54. The number of benzene rings is 1. The van der Waals surface area contributed by atoms with Crippen LogP contribution < -0.4 is 9.47 Å². The number of Topliss-reactive ketones (excluding diaryl/α,β-unsaturated/α-hetero) is 1. The molecule has 0 N–H and O–H groups in total. The molecule has 1 aliphatic carbocycles. The third-order valence-electron chi connectivity index (χ3n) is 6.29. The number of likely N-dealkylation sites (N-methyl/N-ethyl adjacent to an activating group) is 1. The summed E-state index contributed by atoms with van der Waals surface area (Å²) in [5, 5.41) is 0. The van der Waals surface area contributed by atoms with Gasteiger partial charge in [0.2, 0.25) is 6.79 Å². The Morgan fingerprint density at radius 1 is 1.15 bits per heavy atom. The van der Waals surface area contributed by atoms with Gasteiger partial charge in [0, 0.05) is 12.6 Å². The molecule has 0 aromatic heterocycles. The van der Waals surface area contributed by atoms with Gasteiger partial charge >= 0.3 is 6.03 Å². The molecule has 1 unspecified atom stereocenters. The Kier molecular flexibility index (Phi) is 4.32. The summed E-state index contributed by atoms with van der Waals surface area (Å²) in [4.78, 5) is 41.3. The molecule has 0 spiro atoms. The van der Waals surface area contributed by atoms with Gasteiger partial charge in [0.15, 0.2) is 17.3 Å². The van der Waals surface area contributed by atoms with Crippen molar-refractivity contribution < 1.29 is 23.9 Å². The molecule has 7 nitrogen and oxygen atoms in total. The minimum Gasteiger partial charge on any atom is -0.454 e. The van der Waals surface area contributed by atoms with Gasteiger partial charge in [0.25, 0.3) is 5.91 Å². The van der Waals surface area contributed by atoms with Crippen LogP contribution in [0.2, 0.25) is 0 Å². The molecule has 144 valence electrons. The normalized spacial score (nSPS) is 25.4. The van der Waals surface area contributed by atoms with Crippen molar-refractivity contribution in [1.29, 1.82) is 0 Å². The first-order valence-corrected chi connectivity index (χ1v) is 9.45.